The van der Waals surface area contributed by atoms with Crippen LogP contribution in [-0.2, 0) is 26.2 Å². The van der Waals surface area contributed by atoms with Crippen molar-refractivity contribution in [3.63, 3.8) is 0 Å². The second-order valence-corrected chi connectivity index (χ2v) is 11.3. The van der Waals surface area contributed by atoms with Crippen LogP contribution in [0.4, 0.5) is 0 Å². The monoisotopic (exact) mass is 552 g/mol. The van der Waals surface area contributed by atoms with E-state index in [2.05, 4.69) is 38.2 Å². The summed E-state index contributed by atoms with van der Waals surface area (Å²) in [5.41, 5.74) is 2.15. The summed E-state index contributed by atoms with van der Waals surface area (Å²) in [5, 5.41) is 51.1. The van der Waals surface area contributed by atoms with E-state index in [1.165, 1.54) is 5.56 Å². The Bertz CT molecular complexity index is 935. The van der Waals surface area contributed by atoms with Gasteiger partial charge in [0.2, 0.25) is 0 Å². The van der Waals surface area contributed by atoms with E-state index < -0.39 is 30.2 Å². The van der Waals surface area contributed by atoms with E-state index in [1.807, 2.05) is 17.0 Å². The first-order chi connectivity index (χ1) is 18.2. The van der Waals surface area contributed by atoms with E-state index in [-0.39, 0.29) is 57.1 Å². The molecule has 6 N–H and O–H groups in total. The SMILES string of the molecule is CC(C)(C)c1ccc(CC2CN(CC(O)O)CCNC(CC(=O)O)CN(CC(=O)O)CCN2CC(=O)O)cc1. The van der Waals surface area contributed by atoms with Crippen LogP contribution in [0.25, 0.3) is 0 Å². The number of aliphatic hydroxyl groups excluding tert-OH is 1. The highest BCUT2D eigenvalue weighted by molar-refractivity contribution is 5.69. The second kappa shape index (κ2) is 15.2. The molecule has 1 heterocycles. The van der Waals surface area contributed by atoms with Crippen LogP contribution in [-0.4, -0.2) is 135 Å². The predicted molar refractivity (Wildman–Crippen MR) is 145 cm³/mol. The molecule has 1 saturated heterocycles. The maximum atomic E-state index is 11.9. The fourth-order valence-electron chi connectivity index (χ4n) is 4.92. The molecule has 0 amide bonds. The standard InChI is InChI=1S/C27H44N4O8/c1-27(2,3)20-6-4-19(5-7-20)12-22-15-29(16-24(34)35)9-8-28-21(13-23(32)33)14-30(17-25(36)37)10-11-31(22)18-26(38)39/h4-7,21-22,24,28,34-35H,8-18H2,1-3H3,(H,32,33)(H,36,37)(H,38,39). The average molecular weight is 553 g/mol. The molecule has 0 aromatic heterocycles. The first-order valence-corrected chi connectivity index (χ1v) is 13.3. The summed E-state index contributed by atoms with van der Waals surface area (Å²) in [4.78, 5) is 40.1. The molecule has 220 valence electrons. The molecule has 1 aromatic carbocycles. The van der Waals surface area contributed by atoms with E-state index in [4.69, 9.17) is 0 Å². The average Bonchev–Trinajstić information content (AvgIpc) is 2.78. The lowest BCUT2D eigenvalue weighted by Crippen LogP contribution is -2.54. The number of hydrogen-bond donors (Lipinski definition) is 6. The lowest BCUT2D eigenvalue weighted by molar-refractivity contribution is -0.141. The van der Waals surface area contributed by atoms with Gasteiger partial charge in [0.25, 0.3) is 0 Å². The van der Waals surface area contributed by atoms with Crippen molar-refractivity contribution in [2.24, 2.45) is 0 Å². The van der Waals surface area contributed by atoms with Crippen LogP contribution in [0.2, 0.25) is 0 Å². The minimum atomic E-state index is -1.60. The van der Waals surface area contributed by atoms with E-state index >= 15 is 0 Å². The van der Waals surface area contributed by atoms with Gasteiger partial charge in [0, 0.05) is 57.9 Å². The quantitative estimate of drug-likeness (QED) is 0.210. The molecule has 2 unspecified atom stereocenters. The normalized spacial score (nSPS) is 21.3. The Morgan fingerprint density at radius 1 is 0.897 bits per heavy atom. The van der Waals surface area contributed by atoms with Crippen LogP contribution in [0.15, 0.2) is 24.3 Å². The third-order valence-electron chi connectivity index (χ3n) is 6.86. The van der Waals surface area contributed by atoms with Gasteiger partial charge in [0.15, 0.2) is 6.29 Å². The maximum Gasteiger partial charge on any atom is 0.317 e. The van der Waals surface area contributed by atoms with E-state index in [0.29, 0.717) is 26.1 Å². The fourth-order valence-corrected chi connectivity index (χ4v) is 4.92. The first kappa shape index (κ1) is 32.6. The van der Waals surface area contributed by atoms with Gasteiger partial charge in [-0.15, -0.1) is 0 Å². The maximum absolute atomic E-state index is 11.9. The first-order valence-electron chi connectivity index (χ1n) is 13.3. The lowest BCUT2D eigenvalue weighted by Gasteiger charge is -2.38. The van der Waals surface area contributed by atoms with Gasteiger partial charge in [0.05, 0.1) is 19.5 Å². The van der Waals surface area contributed by atoms with Crippen LogP contribution < -0.4 is 5.32 Å². The van der Waals surface area contributed by atoms with Gasteiger partial charge in [-0.25, -0.2) is 0 Å². The van der Waals surface area contributed by atoms with Crippen LogP contribution in [0.5, 0.6) is 0 Å². The summed E-state index contributed by atoms with van der Waals surface area (Å²) in [6.07, 6.45) is -1.31. The molecule has 1 fully saturated rings. The molecular weight excluding hydrogens is 508 g/mol. The van der Waals surface area contributed by atoms with Crippen molar-refractivity contribution in [3.8, 4) is 0 Å². The number of carboxylic acid groups (broad SMARTS) is 3. The van der Waals surface area contributed by atoms with E-state index in [9.17, 15) is 39.9 Å². The molecule has 2 rings (SSSR count). The number of nitrogens with zero attached hydrogens (tertiary/aromatic N) is 3. The van der Waals surface area contributed by atoms with Crippen molar-refractivity contribution in [3.05, 3.63) is 35.4 Å². The highest BCUT2D eigenvalue weighted by Crippen LogP contribution is 2.23. The Morgan fingerprint density at radius 3 is 2.08 bits per heavy atom. The number of β-amino-alcohol motifs (C(OH)–C–C–N with tert-alkyl or cyclic N) is 2. The molecule has 0 radical (unpaired) electrons. The zero-order valence-electron chi connectivity index (χ0n) is 23.1. The van der Waals surface area contributed by atoms with Crippen LogP contribution in [0.1, 0.15) is 38.3 Å². The Labute approximate surface area is 229 Å². The Hall–Kier alpha value is -2.61. The number of carboxylic acids is 3. The minimum absolute atomic E-state index is 0.0196. The topological polar surface area (TPSA) is 174 Å². The van der Waals surface area contributed by atoms with Gasteiger partial charge in [0.1, 0.15) is 0 Å². The number of hydrogen-bond acceptors (Lipinski definition) is 9. The molecule has 39 heavy (non-hydrogen) atoms. The number of carbonyl (C=O) groups is 3. The van der Waals surface area contributed by atoms with Crippen molar-refractivity contribution in [2.45, 2.75) is 57.4 Å². The van der Waals surface area contributed by atoms with Crippen LogP contribution >= 0.6 is 0 Å². The largest absolute Gasteiger partial charge is 0.481 e. The Kier molecular flexibility index (Phi) is 12.7. The molecule has 1 aliphatic heterocycles. The molecular formula is C27H44N4O8. The summed E-state index contributed by atoms with van der Waals surface area (Å²) < 4.78 is 0. The highest BCUT2D eigenvalue weighted by Gasteiger charge is 2.28. The predicted octanol–water partition coefficient (Wildman–Crippen LogP) is -0.272. The zero-order valence-corrected chi connectivity index (χ0v) is 23.1. The lowest BCUT2D eigenvalue weighted by atomic mass is 9.86. The number of nitrogens with one attached hydrogen (secondary N) is 1. The molecule has 0 bridgehead atoms. The third-order valence-corrected chi connectivity index (χ3v) is 6.86. The van der Waals surface area contributed by atoms with Crippen molar-refractivity contribution < 1.29 is 39.9 Å². The fraction of sp³-hybridized carbons (Fsp3) is 0.667. The zero-order chi connectivity index (χ0) is 29.2. The van der Waals surface area contributed by atoms with Gasteiger partial charge in [-0.1, -0.05) is 45.0 Å². The van der Waals surface area contributed by atoms with Gasteiger partial charge < -0.3 is 30.8 Å². The number of benzene rings is 1. The number of rotatable bonds is 10. The molecule has 0 aliphatic carbocycles. The molecule has 12 heteroatoms. The third kappa shape index (κ3) is 12.4. The Morgan fingerprint density at radius 2 is 1.54 bits per heavy atom. The summed E-state index contributed by atoms with van der Waals surface area (Å²) in [6, 6.07) is 7.31. The van der Waals surface area contributed by atoms with E-state index in [0.717, 1.165) is 5.56 Å². The molecule has 0 saturated carbocycles. The molecule has 0 spiro atoms. The second-order valence-electron chi connectivity index (χ2n) is 11.3. The molecule has 12 nitrogen and oxygen atoms in total. The van der Waals surface area contributed by atoms with Crippen molar-refractivity contribution in [1.82, 2.24) is 20.0 Å². The number of aliphatic hydroxyl groups is 2. The summed E-state index contributed by atoms with van der Waals surface area (Å²) in [6.45, 7) is 7.36. The van der Waals surface area contributed by atoms with Crippen LogP contribution in [0.3, 0.4) is 0 Å². The van der Waals surface area contributed by atoms with Gasteiger partial charge in [-0.2, -0.15) is 0 Å². The molecule has 2 atom stereocenters. The smallest absolute Gasteiger partial charge is 0.317 e. The highest BCUT2D eigenvalue weighted by atomic mass is 16.5. The summed E-state index contributed by atoms with van der Waals surface area (Å²) >= 11 is 0. The van der Waals surface area contributed by atoms with Crippen LogP contribution in [0, 0.1) is 0 Å². The van der Waals surface area contributed by atoms with Gasteiger partial charge in [-0.3, -0.25) is 29.1 Å². The van der Waals surface area contributed by atoms with Crippen molar-refractivity contribution in [1.29, 1.82) is 0 Å². The molecule has 1 aromatic rings. The van der Waals surface area contributed by atoms with Gasteiger partial charge >= 0.3 is 17.9 Å². The van der Waals surface area contributed by atoms with Crippen molar-refractivity contribution in [2.75, 3.05) is 58.9 Å². The van der Waals surface area contributed by atoms with Gasteiger partial charge in [-0.05, 0) is 23.0 Å². The Balaban J connectivity index is 2.39. The van der Waals surface area contributed by atoms with E-state index in [1.54, 1.807) is 9.80 Å². The summed E-state index contributed by atoms with van der Waals surface area (Å²) in [7, 11) is 0. The number of aliphatic carboxylic acids is 3. The molecule has 1 aliphatic rings. The summed E-state index contributed by atoms with van der Waals surface area (Å²) in [5.74, 6) is -3.11. The minimum Gasteiger partial charge on any atom is -0.481 e. The van der Waals surface area contributed by atoms with Crippen molar-refractivity contribution >= 4 is 17.9 Å².